The number of esters is 2. The van der Waals surface area contributed by atoms with Gasteiger partial charge < -0.3 is 30.3 Å². The van der Waals surface area contributed by atoms with Gasteiger partial charge in [0, 0.05) is 26.2 Å². The van der Waals surface area contributed by atoms with Gasteiger partial charge in [-0.1, -0.05) is 0 Å². The molecule has 0 bridgehead atoms. The van der Waals surface area contributed by atoms with Gasteiger partial charge in [0.2, 0.25) is 0 Å². The van der Waals surface area contributed by atoms with E-state index in [1.54, 1.807) is 0 Å². The van der Waals surface area contributed by atoms with Crippen molar-refractivity contribution >= 4 is 11.9 Å². The summed E-state index contributed by atoms with van der Waals surface area (Å²) < 4.78 is 9.54. The highest BCUT2D eigenvalue weighted by Gasteiger charge is 2.11. The number of ether oxygens (including phenoxy) is 2. The summed E-state index contributed by atoms with van der Waals surface area (Å²) in [6.07, 6.45) is -0.417. The van der Waals surface area contributed by atoms with E-state index in [0.717, 1.165) is 0 Å². The highest BCUT2D eigenvalue weighted by Crippen LogP contribution is 1.90. The number of hydrogen-bond acceptors (Lipinski definition) is 8. The summed E-state index contributed by atoms with van der Waals surface area (Å²) in [5.41, 5.74) is 0. The molecule has 0 aliphatic carbocycles. The molecule has 0 spiro atoms. The van der Waals surface area contributed by atoms with Gasteiger partial charge in [-0.05, 0) is 0 Å². The molecule has 0 unspecified atom stereocenters. The van der Waals surface area contributed by atoms with E-state index in [0.29, 0.717) is 26.2 Å². The van der Waals surface area contributed by atoms with Crippen molar-refractivity contribution in [1.29, 1.82) is 0 Å². The Labute approximate surface area is 112 Å². The van der Waals surface area contributed by atoms with Gasteiger partial charge in [-0.3, -0.25) is 9.59 Å². The second-order valence-corrected chi connectivity index (χ2v) is 3.56. The van der Waals surface area contributed by atoms with Gasteiger partial charge in [0.05, 0.1) is 13.2 Å². The molecule has 0 rings (SSSR count). The Morgan fingerprint density at radius 1 is 0.789 bits per heavy atom. The van der Waals surface area contributed by atoms with Crippen molar-refractivity contribution in [3.8, 4) is 0 Å². The minimum absolute atomic E-state index is 0.0184. The van der Waals surface area contributed by atoms with E-state index in [9.17, 15) is 9.59 Å². The molecule has 0 aromatic carbocycles. The number of hydrogen-bond donors (Lipinski definition) is 4. The van der Waals surface area contributed by atoms with E-state index in [2.05, 4.69) is 10.6 Å². The zero-order valence-electron chi connectivity index (χ0n) is 10.9. The molecule has 4 N–H and O–H groups in total. The van der Waals surface area contributed by atoms with Crippen LogP contribution in [0.2, 0.25) is 0 Å². The zero-order chi connectivity index (χ0) is 14.3. The molecule has 112 valence electrons. The largest absolute Gasteiger partial charge is 0.464 e. The van der Waals surface area contributed by atoms with E-state index in [4.69, 9.17) is 19.7 Å². The Bertz CT molecular complexity index is 225. The van der Waals surface area contributed by atoms with Crippen molar-refractivity contribution in [2.75, 3.05) is 52.6 Å². The van der Waals surface area contributed by atoms with Crippen molar-refractivity contribution in [2.45, 2.75) is 6.42 Å². The Balaban J connectivity index is 3.40. The molecule has 8 heteroatoms. The number of nitrogens with one attached hydrogen (secondary N) is 2. The second kappa shape index (κ2) is 13.2. The molecule has 0 saturated carbocycles. The SMILES string of the molecule is O=C(CC(=O)OCCNCCO)OCCNCCO. The van der Waals surface area contributed by atoms with Crippen molar-refractivity contribution in [1.82, 2.24) is 10.6 Å². The van der Waals surface area contributed by atoms with Gasteiger partial charge in [-0.2, -0.15) is 0 Å². The van der Waals surface area contributed by atoms with E-state index in [1.807, 2.05) is 0 Å². The predicted octanol–water partition coefficient (Wildman–Crippen LogP) is -2.37. The first-order valence-corrected chi connectivity index (χ1v) is 6.15. The molecule has 8 nitrogen and oxygen atoms in total. The maximum atomic E-state index is 11.2. The van der Waals surface area contributed by atoms with E-state index in [1.165, 1.54) is 0 Å². The predicted molar refractivity (Wildman–Crippen MR) is 66.4 cm³/mol. The topological polar surface area (TPSA) is 117 Å². The van der Waals surface area contributed by atoms with Gasteiger partial charge in [0.1, 0.15) is 19.6 Å². The number of carbonyl (C=O) groups is 2. The summed E-state index contributed by atoms with van der Waals surface area (Å²) in [4.78, 5) is 22.3. The third-order valence-electron chi connectivity index (χ3n) is 1.95. The number of rotatable bonds is 12. The van der Waals surface area contributed by atoms with Crippen LogP contribution in [0.4, 0.5) is 0 Å². The van der Waals surface area contributed by atoms with E-state index in [-0.39, 0.29) is 26.4 Å². The van der Waals surface area contributed by atoms with Crippen LogP contribution in [0.5, 0.6) is 0 Å². The maximum absolute atomic E-state index is 11.2. The first-order valence-electron chi connectivity index (χ1n) is 6.15. The normalized spacial score (nSPS) is 10.2. The van der Waals surface area contributed by atoms with Gasteiger partial charge in [0.25, 0.3) is 0 Å². The lowest BCUT2D eigenvalue weighted by Gasteiger charge is -2.06. The van der Waals surface area contributed by atoms with Crippen LogP contribution in [0.1, 0.15) is 6.42 Å². The van der Waals surface area contributed by atoms with Crippen LogP contribution in [0.25, 0.3) is 0 Å². The maximum Gasteiger partial charge on any atom is 0.317 e. The van der Waals surface area contributed by atoms with Crippen molar-refractivity contribution in [3.05, 3.63) is 0 Å². The van der Waals surface area contributed by atoms with Crippen LogP contribution >= 0.6 is 0 Å². The van der Waals surface area contributed by atoms with Crippen LogP contribution in [-0.2, 0) is 19.1 Å². The van der Waals surface area contributed by atoms with Crippen molar-refractivity contribution < 1.29 is 29.3 Å². The average Bonchev–Trinajstić information content (AvgIpc) is 2.38. The minimum Gasteiger partial charge on any atom is -0.464 e. The third-order valence-corrected chi connectivity index (χ3v) is 1.95. The summed E-state index contributed by atoms with van der Waals surface area (Å²) in [5, 5.41) is 22.6. The summed E-state index contributed by atoms with van der Waals surface area (Å²) in [5.74, 6) is -1.28. The zero-order valence-corrected chi connectivity index (χ0v) is 10.9. The molecular weight excluding hydrogens is 256 g/mol. The lowest BCUT2D eigenvalue weighted by Crippen LogP contribution is -2.26. The summed E-state index contributed by atoms with van der Waals surface area (Å²) in [6, 6.07) is 0. The summed E-state index contributed by atoms with van der Waals surface area (Å²) in [6.45, 7) is 2.03. The lowest BCUT2D eigenvalue weighted by atomic mass is 10.4. The second-order valence-electron chi connectivity index (χ2n) is 3.56. The van der Waals surface area contributed by atoms with Gasteiger partial charge >= 0.3 is 11.9 Å². The first-order chi connectivity index (χ1) is 9.20. The quantitative estimate of drug-likeness (QED) is 0.178. The molecule has 0 aliphatic heterocycles. The number of carbonyl (C=O) groups excluding carboxylic acids is 2. The Morgan fingerprint density at radius 2 is 1.21 bits per heavy atom. The van der Waals surface area contributed by atoms with Crippen LogP contribution in [-0.4, -0.2) is 74.8 Å². The molecule has 0 fully saturated rings. The molecule has 0 heterocycles. The first kappa shape index (κ1) is 17.8. The number of aliphatic hydroxyl groups is 2. The van der Waals surface area contributed by atoms with E-state index >= 15 is 0 Å². The van der Waals surface area contributed by atoms with Crippen LogP contribution < -0.4 is 10.6 Å². The molecule has 19 heavy (non-hydrogen) atoms. The molecule has 0 aromatic rings. The highest BCUT2D eigenvalue weighted by atomic mass is 16.6. The molecular formula is C11H22N2O6. The fraction of sp³-hybridized carbons (Fsp3) is 0.818. The monoisotopic (exact) mass is 278 g/mol. The molecule has 0 aliphatic rings. The van der Waals surface area contributed by atoms with Crippen LogP contribution in [0, 0.1) is 0 Å². The average molecular weight is 278 g/mol. The fourth-order valence-electron chi connectivity index (χ4n) is 1.10. The molecule has 0 atom stereocenters. The lowest BCUT2D eigenvalue weighted by molar-refractivity contribution is -0.154. The standard InChI is InChI=1S/C11H22N2O6/c14-5-1-12-3-7-18-10(16)9-11(17)19-8-4-13-2-6-15/h12-15H,1-9H2. The Hall–Kier alpha value is -1.22. The van der Waals surface area contributed by atoms with Crippen molar-refractivity contribution in [2.24, 2.45) is 0 Å². The Morgan fingerprint density at radius 3 is 1.58 bits per heavy atom. The smallest absolute Gasteiger partial charge is 0.317 e. The van der Waals surface area contributed by atoms with Gasteiger partial charge in [-0.25, -0.2) is 0 Å². The molecule has 0 aromatic heterocycles. The number of aliphatic hydroxyl groups excluding tert-OH is 2. The van der Waals surface area contributed by atoms with Crippen LogP contribution in [0.15, 0.2) is 0 Å². The third kappa shape index (κ3) is 13.0. The molecule has 0 saturated heterocycles. The highest BCUT2D eigenvalue weighted by molar-refractivity contribution is 5.91. The molecule has 0 radical (unpaired) electrons. The fourth-order valence-corrected chi connectivity index (χ4v) is 1.10. The van der Waals surface area contributed by atoms with Crippen LogP contribution in [0.3, 0.4) is 0 Å². The van der Waals surface area contributed by atoms with Gasteiger partial charge in [-0.15, -0.1) is 0 Å². The van der Waals surface area contributed by atoms with Gasteiger partial charge in [0.15, 0.2) is 0 Å². The molecule has 0 amide bonds. The summed E-state index contributed by atoms with van der Waals surface area (Å²) in [7, 11) is 0. The van der Waals surface area contributed by atoms with Crippen molar-refractivity contribution in [3.63, 3.8) is 0 Å². The van der Waals surface area contributed by atoms with E-state index < -0.39 is 18.4 Å². The Kier molecular flexibility index (Phi) is 12.4. The minimum atomic E-state index is -0.640. The summed E-state index contributed by atoms with van der Waals surface area (Å²) >= 11 is 0.